The van der Waals surface area contributed by atoms with Crippen LogP contribution in [0.4, 0.5) is 0 Å². The molecule has 0 bridgehead atoms. The maximum Gasteiger partial charge on any atom is 0.248 e. The van der Waals surface area contributed by atoms with Gasteiger partial charge in [-0.3, -0.25) is 9.79 Å². The molecule has 0 saturated heterocycles. The number of carbonyl (C=O) groups is 1. The summed E-state index contributed by atoms with van der Waals surface area (Å²) in [6, 6.07) is 4.07. The largest absolute Gasteiger partial charge is 0.345 e. The van der Waals surface area contributed by atoms with Crippen LogP contribution in [0.3, 0.4) is 0 Å². The van der Waals surface area contributed by atoms with Crippen molar-refractivity contribution < 1.29 is 4.79 Å². The first-order valence-corrected chi connectivity index (χ1v) is 5.84. The van der Waals surface area contributed by atoms with Crippen LogP contribution in [-0.2, 0) is 4.79 Å². The Morgan fingerprint density at radius 2 is 1.72 bits per heavy atom. The van der Waals surface area contributed by atoms with Crippen molar-refractivity contribution in [3.63, 3.8) is 0 Å². The highest BCUT2D eigenvalue weighted by molar-refractivity contribution is 5.95. The van der Waals surface area contributed by atoms with Gasteiger partial charge in [-0.05, 0) is 56.3 Å². The summed E-state index contributed by atoms with van der Waals surface area (Å²) < 4.78 is 0. The monoisotopic (exact) mass is 244 g/mol. The van der Waals surface area contributed by atoms with E-state index >= 15 is 0 Å². The molecule has 0 aliphatic rings. The fourth-order valence-corrected chi connectivity index (χ4v) is 1.65. The van der Waals surface area contributed by atoms with Gasteiger partial charge in [0.15, 0.2) is 0 Å². The van der Waals surface area contributed by atoms with E-state index in [0.29, 0.717) is 5.70 Å². The smallest absolute Gasteiger partial charge is 0.248 e. The topological polar surface area (TPSA) is 32.7 Å². The van der Waals surface area contributed by atoms with E-state index in [1.165, 1.54) is 27.7 Å². The van der Waals surface area contributed by atoms with Gasteiger partial charge in [-0.1, -0.05) is 0 Å². The zero-order chi connectivity index (χ0) is 13.9. The second kappa shape index (κ2) is 5.63. The van der Waals surface area contributed by atoms with Gasteiger partial charge in [0.25, 0.3) is 0 Å². The number of aliphatic imine (C=N–C) groups is 1. The van der Waals surface area contributed by atoms with Crippen LogP contribution in [0.15, 0.2) is 23.2 Å². The van der Waals surface area contributed by atoms with Gasteiger partial charge in [-0.25, -0.2) is 0 Å². The van der Waals surface area contributed by atoms with E-state index in [-0.39, 0.29) is 5.91 Å². The molecule has 1 aromatic carbocycles. The lowest BCUT2D eigenvalue weighted by Crippen LogP contribution is -2.19. The first-order chi connectivity index (χ1) is 8.36. The van der Waals surface area contributed by atoms with Crippen LogP contribution in [-0.4, -0.2) is 31.6 Å². The Hall–Kier alpha value is -1.90. The first kappa shape index (κ1) is 14.2. The summed E-state index contributed by atoms with van der Waals surface area (Å²) in [4.78, 5) is 17.2. The summed E-state index contributed by atoms with van der Waals surface area (Å²) >= 11 is 0. The molecule has 96 valence electrons. The van der Waals surface area contributed by atoms with Crippen molar-refractivity contribution >= 4 is 18.3 Å². The van der Waals surface area contributed by atoms with E-state index in [1.807, 2.05) is 12.1 Å². The summed E-state index contributed by atoms with van der Waals surface area (Å²) in [7, 11) is 3.43. The van der Waals surface area contributed by atoms with Gasteiger partial charge in [0.2, 0.25) is 5.91 Å². The maximum absolute atomic E-state index is 11.7. The Kier molecular flexibility index (Phi) is 4.43. The third-order valence-electron chi connectivity index (χ3n) is 3.09. The van der Waals surface area contributed by atoms with Crippen molar-refractivity contribution in [3.8, 4) is 0 Å². The number of hydrogen-bond acceptors (Lipinski definition) is 2. The average Bonchev–Trinajstić information content (AvgIpc) is 2.31. The van der Waals surface area contributed by atoms with Crippen molar-refractivity contribution in [3.05, 3.63) is 40.5 Å². The second-order valence-corrected chi connectivity index (χ2v) is 4.66. The van der Waals surface area contributed by atoms with Crippen molar-refractivity contribution in [2.45, 2.75) is 20.8 Å². The number of rotatable bonds is 3. The van der Waals surface area contributed by atoms with Gasteiger partial charge in [0.05, 0.1) is 5.70 Å². The van der Waals surface area contributed by atoms with Crippen LogP contribution >= 0.6 is 0 Å². The second-order valence-electron chi connectivity index (χ2n) is 4.66. The molecule has 1 amide bonds. The zero-order valence-corrected chi connectivity index (χ0v) is 11.7. The molecule has 3 nitrogen and oxygen atoms in total. The van der Waals surface area contributed by atoms with Crippen LogP contribution in [0.5, 0.6) is 0 Å². The van der Waals surface area contributed by atoms with Crippen molar-refractivity contribution in [1.29, 1.82) is 0 Å². The van der Waals surface area contributed by atoms with Gasteiger partial charge in [-0.2, -0.15) is 0 Å². The Bertz CT molecular complexity index is 490. The van der Waals surface area contributed by atoms with E-state index in [0.717, 1.165) is 5.56 Å². The molecule has 0 spiro atoms. The summed E-state index contributed by atoms with van der Waals surface area (Å²) in [5.74, 6) is -0.0896. The molecule has 0 heterocycles. The highest BCUT2D eigenvalue weighted by Gasteiger charge is 2.07. The minimum absolute atomic E-state index is 0.0896. The summed E-state index contributed by atoms with van der Waals surface area (Å²) in [6.45, 7) is 9.74. The molecule has 0 aromatic heterocycles. The number of aryl methyl sites for hydroxylation is 2. The van der Waals surface area contributed by atoms with E-state index in [9.17, 15) is 4.79 Å². The van der Waals surface area contributed by atoms with Crippen LogP contribution in [0.25, 0.3) is 5.70 Å². The molecular weight excluding hydrogens is 224 g/mol. The van der Waals surface area contributed by atoms with Crippen molar-refractivity contribution in [2.75, 3.05) is 14.1 Å². The molecule has 0 atom stereocenters. The minimum atomic E-state index is -0.0896. The Balaban J connectivity index is 3.26. The van der Waals surface area contributed by atoms with Crippen molar-refractivity contribution in [2.24, 2.45) is 4.99 Å². The van der Waals surface area contributed by atoms with Gasteiger partial charge in [0.1, 0.15) is 0 Å². The molecule has 0 unspecified atom stereocenters. The van der Waals surface area contributed by atoms with Crippen LogP contribution in [0.1, 0.15) is 22.3 Å². The molecule has 18 heavy (non-hydrogen) atoms. The fraction of sp³-hybridized carbons (Fsp3) is 0.333. The number of benzene rings is 1. The Labute approximate surface area is 109 Å². The van der Waals surface area contributed by atoms with E-state index < -0.39 is 0 Å². The van der Waals surface area contributed by atoms with Gasteiger partial charge >= 0.3 is 0 Å². The summed E-state index contributed by atoms with van der Waals surface area (Å²) in [6.07, 6.45) is 1.51. The normalized spacial score (nSPS) is 11.3. The minimum Gasteiger partial charge on any atom is -0.345 e. The maximum atomic E-state index is 11.7. The van der Waals surface area contributed by atoms with Gasteiger partial charge in [-0.15, -0.1) is 0 Å². The molecule has 0 fully saturated rings. The molecule has 3 heteroatoms. The number of carbonyl (C=O) groups excluding carboxylic acids is 1. The van der Waals surface area contributed by atoms with Crippen LogP contribution in [0, 0.1) is 20.8 Å². The molecule has 1 aromatic rings. The SMILES string of the molecule is C=N/C(=C\C(=O)N(C)C)c1cc(C)c(C)c(C)c1. The predicted octanol–water partition coefficient (Wildman–Crippen LogP) is 2.74. The molecule has 0 aliphatic heterocycles. The quantitative estimate of drug-likeness (QED) is 0.594. The first-order valence-electron chi connectivity index (χ1n) is 5.84. The van der Waals surface area contributed by atoms with E-state index in [1.54, 1.807) is 14.1 Å². The lowest BCUT2D eigenvalue weighted by atomic mass is 9.99. The van der Waals surface area contributed by atoms with Crippen molar-refractivity contribution in [1.82, 2.24) is 4.90 Å². The highest BCUT2D eigenvalue weighted by Crippen LogP contribution is 2.22. The molecule has 0 saturated carbocycles. The lowest BCUT2D eigenvalue weighted by Gasteiger charge is -2.11. The molecule has 0 N–H and O–H groups in total. The number of likely N-dealkylation sites (N-methyl/N-ethyl adjacent to an activating group) is 1. The highest BCUT2D eigenvalue weighted by atomic mass is 16.2. The summed E-state index contributed by atoms with van der Waals surface area (Å²) in [5.41, 5.74) is 5.19. The zero-order valence-electron chi connectivity index (χ0n) is 11.7. The predicted molar refractivity (Wildman–Crippen MR) is 76.9 cm³/mol. The molecular formula is C15H20N2O. The standard InChI is InChI=1S/C15H20N2O/c1-10-7-13(8-11(2)12(10)3)14(16-4)9-15(18)17(5)6/h7-9H,4H2,1-3,5-6H3/b14-9-. The molecule has 0 aliphatic carbocycles. The van der Waals surface area contributed by atoms with Crippen LogP contribution in [0.2, 0.25) is 0 Å². The van der Waals surface area contributed by atoms with Gasteiger partial charge in [0, 0.05) is 25.7 Å². The summed E-state index contributed by atoms with van der Waals surface area (Å²) in [5, 5.41) is 0. The average molecular weight is 244 g/mol. The Morgan fingerprint density at radius 3 is 2.11 bits per heavy atom. The molecule has 1 rings (SSSR count). The third kappa shape index (κ3) is 3.06. The molecule has 0 radical (unpaired) electrons. The van der Waals surface area contributed by atoms with E-state index in [4.69, 9.17) is 0 Å². The lowest BCUT2D eigenvalue weighted by molar-refractivity contribution is -0.123. The number of nitrogens with zero attached hydrogens (tertiary/aromatic N) is 2. The third-order valence-corrected chi connectivity index (χ3v) is 3.09. The van der Waals surface area contributed by atoms with E-state index in [2.05, 4.69) is 32.5 Å². The van der Waals surface area contributed by atoms with Crippen LogP contribution < -0.4 is 0 Å². The van der Waals surface area contributed by atoms with Gasteiger partial charge < -0.3 is 4.90 Å². The Morgan fingerprint density at radius 1 is 1.22 bits per heavy atom. The number of amides is 1. The fourth-order valence-electron chi connectivity index (χ4n) is 1.65. The number of hydrogen-bond donors (Lipinski definition) is 0.